The van der Waals surface area contributed by atoms with Gasteiger partial charge >= 0.3 is 17.9 Å². The van der Waals surface area contributed by atoms with E-state index in [0.717, 1.165) is 109 Å². The highest BCUT2D eigenvalue weighted by molar-refractivity contribution is 5.87. The first-order valence-electron chi connectivity index (χ1n) is 24.4. The second kappa shape index (κ2) is 38.8. The molecule has 1 aliphatic rings. The molecule has 0 aromatic rings. The number of hydrogen-bond donors (Lipinski definition) is 1. The number of ether oxygens (including phenoxy) is 3. The molecule has 1 aliphatic heterocycles. The average Bonchev–Trinajstić information content (AvgIpc) is 3.19. The first-order valence-corrected chi connectivity index (χ1v) is 24.4. The van der Waals surface area contributed by atoms with Crippen LogP contribution in [0.25, 0.3) is 0 Å². The number of nitrogens with zero attached hydrogens (tertiary/aromatic N) is 1. The van der Waals surface area contributed by atoms with Crippen molar-refractivity contribution in [3.63, 3.8) is 0 Å². The summed E-state index contributed by atoms with van der Waals surface area (Å²) in [4.78, 5) is 40.6. The van der Waals surface area contributed by atoms with E-state index in [9.17, 15) is 19.5 Å². The fourth-order valence-corrected chi connectivity index (χ4v) is 8.09. The minimum absolute atomic E-state index is 0.0478. The summed E-state index contributed by atoms with van der Waals surface area (Å²) >= 11 is 0. The Kier molecular flexibility index (Phi) is 36.3. The number of aliphatic hydroxyl groups excluding tert-OH is 1. The maximum Gasteiger partial charge on any atom is 0.348 e. The zero-order valence-corrected chi connectivity index (χ0v) is 37.2. The van der Waals surface area contributed by atoms with E-state index in [1.54, 1.807) is 0 Å². The van der Waals surface area contributed by atoms with Crippen LogP contribution in [0.15, 0.2) is 0 Å². The van der Waals surface area contributed by atoms with Crippen LogP contribution < -0.4 is 0 Å². The van der Waals surface area contributed by atoms with Crippen molar-refractivity contribution >= 4 is 17.9 Å². The van der Waals surface area contributed by atoms with Crippen molar-refractivity contribution in [2.24, 2.45) is 5.92 Å². The quantitative estimate of drug-likeness (QED) is 0.0370. The van der Waals surface area contributed by atoms with Gasteiger partial charge in [-0.3, -0.25) is 4.79 Å². The van der Waals surface area contributed by atoms with E-state index in [2.05, 4.69) is 25.7 Å². The minimum atomic E-state index is -0.774. The lowest BCUT2D eigenvalue weighted by atomic mass is 9.89. The van der Waals surface area contributed by atoms with Crippen molar-refractivity contribution in [2.45, 2.75) is 251 Å². The van der Waals surface area contributed by atoms with Crippen molar-refractivity contribution in [1.82, 2.24) is 4.90 Å². The van der Waals surface area contributed by atoms with Gasteiger partial charge in [-0.2, -0.15) is 0 Å². The van der Waals surface area contributed by atoms with Gasteiger partial charge in [0.1, 0.15) is 0 Å². The van der Waals surface area contributed by atoms with Crippen LogP contribution in [0.2, 0.25) is 0 Å². The Morgan fingerprint density at radius 2 is 1.00 bits per heavy atom. The molecule has 8 heteroatoms. The fraction of sp³-hybridized carbons (Fsp3) is 0.938. The lowest BCUT2D eigenvalue weighted by Gasteiger charge is -2.32. The van der Waals surface area contributed by atoms with Gasteiger partial charge in [-0.25, -0.2) is 9.59 Å². The zero-order valence-electron chi connectivity index (χ0n) is 37.2. The molecule has 2 unspecified atom stereocenters. The molecule has 1 N–H and O–H groups in total. The van der Waals surface area contributed by atoms with Gasteiger partial charge < -0.3 is 24.2 Å². The maximum absolute atomic E-state index is 13.1. The average molecular weight is 794 g/mol. The van der Waals surface area contributed by atoms with Crippen LogP contribution in [-0.4, -0.2) is 73.0 Å². The maximum atomic E-state index is 13.1. The van der Waals surface area contributed by atoms with Crippen LogP contribution in [0.4, 0.5) is 0 Å². The summed E-state index contributed by atoms with van der Waals surface area (Å²) in [5, 5.41) is 9.59. The van der Waals surface area contributed by atoms with E-state index in [4.69, 9.17) is 14.2 Å². The van der Waals surface area contributed by atoms with Gasteiger partial charge in [0.2, 0.25) is 6.10 Å². The summed E-state index contributed by atoms with van der Waals surface area (Å²) in [7, 11) is 0. The van der Waals surface area contributed by atoms with Gasteiger partial charge in [0.05, 0.1) is 13.2 Å². The Balaban J connectivity index is 2.19. The van der Waals surface area contributed by atoms with E-state index in [-0.39, 0.29) is 30.4 Å². The van der Waals surface area contributed by atoms with Crippen LogP contribution in [0.1, 0.15) is 239 Å². The SMILES string of the molecule is CCCCCCCCCCCOC(=O)CCCCCCCN(CCO)CCCCCCC1OC(=O)C(C(CCCCCCCC)CCCCCCCC)OC1=O. The highest BCUT2D eigenvalue weighted by Gasteiger charge is 2.41. The van der Waals surface area contributed by atoms with Crippen LogP contribution in [-0.2, 0) is 28.6 Å². The van der Waals surface area contributed by atoms with Crippen molar-refractivity contribution in [3.8, 4) is 0 Å². The van der Waals surface area contributed by atoms with Crippen LogP contribution >= 0.6 is 0 Å². The van der Waals surface area contributed by atoms with Crippen LogP contribution in [0, 0.1) is 5.92 Å². The van der Waals surface area contributed by atoms with Crippen molar-refractivity contribution in [2.75, 3.05) is 32.8 Å². The number of esters is 3. The fourth-order valence-electron chi connectivity index (χ4n) is 8.09. The predicted molar refractivity (Wildman–Crippen MR) is 232 cm³/mol. The molecule has 1 fully saturated rings. The summed E-state index contributed by atoms with van der Waals surface area (Å²) in [6.07, 6.45) is 36.4. The second-order valence-electron chi connectivity index (χ2n) is 17.0. The van der Waals surface area contributed by atoms with E-state index in [0.29, 0.717) is 26.0 Å². The normalized spacial score (nSPS) is 15.8. The third-order valence-electron chi connectivity index (χ3n) is 11.8. The minimum Gasteiger partial charge on any atom is -0.466 e. The smallest absolute Gasteiger partial charge is 0.348 e. The number of hydrogen-bond acceptors (Lipinski definition) is 8. The monoisotopic (exact) mass is 794 g/mol. The topological polar surface area (TPSA) is 102 Å². The Morgan fingerprint density at radius 3 is 1.52 bits per heavy atom. The number of aliphatic hydroxyl groups is 1. The Labute approximate surface area is 345 Å². The van der Waals surface area contributed by atoms with Crippen molar-refractivity contribution in [3.05, 3.63) is 0 Å². The van der Waals surface area contributed by atoms with Gasteiger partial charge in [0, 0.05) is 18.9 Å². The summed E-state index contributed by atoms with van der Waals surface area (Å²) in [6.45, 7) is 10.1. The third-order valence-corrected chi connectivity index (χ3v) is 11.8. The van der Waals surface area contributed by atoms with Gasteiger partial charge in [-0.05, 0) is 64.5 Å². The van der Waals surface area contributed by atoms with Crippen molar-refractivity contribution < 1.29 is 33.7 Å². The molecule has 0 aliphatic carbocycles. The third kappa shape index (κ3) is 29.5. The molecule has 1 rings (SSSR count). The lowest BCUT2D eigenvalue weighted by molar-refractivity contribution is -0.200. The second-order valence-corrected chi connectivity index (χ2v) is 17.0. The molecule has 0 saturated carbocycles. The summed E-state index contributed by atoms with van der Waals surface area (Å²) in [6, 6.07) is 0. The standard InChI is InChI=1S/C48H91NO7/c1-4-7-10-13-16-17-18-26-33-42-54-45(51)37-30-22-19-24-31-38-49(40-41-50)39-32-25-23-29-36-44-47(52)56-46(48(53)55-44)43(34-27-20-14-11-8-5-2)35-28-21-15-12-9-6-3/h43-44,46,50H,4-42H2,1-3H3. The molecule has 0 bridgehead atoms. The van der Waals surface area contributed by atoms with Gasteiger partial charge in [-0.1, -0.05) is 181 Å². The molecule has 1 saturated heterocycles. The summed E-state index contributed by atoms with van der Waals surface area (Å²) in [5.74, 6) is -0.683. The number of unbranched alkanes of at least 4 members (excludes halogenated alkanes) is 25. The Hall–Kier alpha value is -1.67. The van der Waals surface area contributed by atoms with Gasteiger partial charge in [-0.15, -0.1) is 0 Å². The number of rotatable bonds is 42. The molecule has 0 amide bonds. The number of carbonyl (C=O) groups excluding carboxylic acids is 3. The molecular formula is C48H91NO7. The first-order chi connectivity index (χ1) is 27.5. The van der Waals surface area contributed by atoms with E-state index in [1.165, 1.54) is 109 Å². The highest BCUT2D eigenvalue weighted by Crippen LogP contribution is 2.29. The largest absolute Gasteiger partial charge is 0.466 e. The van der Waals surface area contributed by atoms with Gasteiger partial charge in [0.15, 0.2) is 6.10 Å². The molecular weight excluding hydrogens is 703 g/mol. The van der Waals surface area contributed by atoms with E-state index in [1.807, 2.05) is 0 Å². The molecule has 56 heavy (non-hydrogen) atoms. The number of cyclic esters (lactones) is 2. The molecule has 1 heterocycles. The molecule has 0 radical (unpaired) electrons. The van der Waals surface area contributed by atoms with Crippen LogP contribution in [0.5, 0.6) is 0 Å². The lowest BCUT2D eigenvalue weighted by Crippen LogP contribution is -2.47. The van der Waals surface area contributed by atoms with Crippen molar-refractivity contribution in [1.29, 1.82) is 0 Å². The zero-order chi connectivity index (χ0) is 40.7. The summed E-state index contributed by atoms with van der Waals surface area (Å²) < 4.78 is 17.0. The summed E-state index contributed by atoms with van der Waals surface area (Å²) in [5.41, 5.74) is 0. The molecule has 2 atom stereocenters. The van der Waals surface area contributed by atoms with Gasteiger partial charge in [0.25, 0.3) is 0 Å². The molecule has 330 valence electrons. The Bertz CT molecular complexity index is 898. The highest BCUT2D eigenvalue weighted by atomic mass is 16.6. The van der Waals surface area contributed by atoms with E-state index < -0.39 is 12.2 Å². The van der Waals surface area contributed by atoms with Crippen LogP contribution in [0.3, 0.4) is 0 Å². The molecule has 0 spiro atoms. The Morgan fingerprint density at radius 1 is 0.554 bits per heavy atom. The predicted octanol–water partition coefficient (Wildman–Crippen LogP) is 12.6. The molecule has 0 aromatic heterocycles. The first kappa shape index (κ1) is 52.3. The van der Waals surface area contributed by atoms with E-state index >= 15 is 0 Å². The number of carbonyl (C=O) groups is 3. The molecule has 8 nitrogen and oxygen atoms in total. The molecule has 0 aromatic carbocycles.